The van der Waals surface area contributed by atoms with Gasteiger partial charge in [-0.3, -0.25) is 4.79 Å². The summed E-state index contributed by atoms with van der Waals surface area (Å²) < 4.78 is 0. The summed E-state index contributed by atoms with van der Waals surface area (Å²) >= 11 is 0. The molecule has 0 aromatic heterocycles. The number of unbranched alkanes of at least 4 members (excludes halogenated alkanes) is 8. The zero-order chi connectivity index (χ0) is 10.6. The molecule has 0 spiro atoms. The summed E-state index contributed by atoms with van der Waals surface area (Å²) in [5, 5.41) is 8.41. The quantitative estimate of drug-likeness (QED) is 0.608. The zero-order valence-corrected chi connectivity index (χ0v) is 13.1. The van der Waals surface area contributed by atoms with Crippen LogP contribution in [0.1, 0.15) is 71.1 Å². The molecular formula is C12H24NdO2. The first-order valence-corrected chi connectivity index (χ1v) is 5.99. The number of hydrogen-bond acceptors (Lipinski definition) is 1. The predicted molar refractivity (Wildman–Crippen MR) is 59.5 cm³/mol. The van der Waals surface area contributed by atoms with Crippen molar-refractivity contribution in [2.45, 2.75) is 71.1 Å². The maximum Gasteiger partial charge on any atom is 0.303 e. The summed E-state index contributed by atoms with van der Waals surface area (Å²) in [7, 11) is 0. The molecule has 1 N–H and O–H groups in total. The van der Waals surface area contributed by atoms with Gasteiger partial charge in [-0.25, -0.2) is 0 Å². The minimum absolute atomic E-state index is 0. The Hall–Kier alpha value is 0.821. The van der Waals surface area contributed by atoms with Gasteiger partial charge in [-0.1, -0.05) is 58.3 Å². The molecule has 0 saturated carbocycles. The molecule has 0 aromatic rings. The maximum atomic E-state index is 10.2. The van der Waals surface area contributed by atoms with Gasteiger partial charge in [-0.2, -0.15) is 0 Å². The molecule has 0 rings (SSSR count). The van der Waals surface area contributed by atoms with E-state index in [0.29, 0.717) is 6.42 Å². The number of carboxylic acid groups (broad SMARTS) is 1. The van der Waals surface area contributed by atoms with Crippen molar-refractivity contribution in [3.05, 3.63) is 0 Å². The van der Waals surface area contributed by atoms with E-state index in [4.69, 9.17) is 5.11 Å². The average Bonchev–Trinajstić information content (AvgIpc) is 2.15. The van der Waals surface area contributed by atoms with E-state index in [-0.39, 0.29) is 40.8 Å². The van der Waals surface area contributed by atoms with Crippen molar-refractivity contribution >= 4 is 5.97 Å². The van der Waals surface area contributed by atoms with Crippen LogP contribution in [0, 0.1) is 40.8 Å². The smallest absolute Gasteiger partial charge is 0.303 e. The standard InChI is InChI=1S/C12H24O2.Nd/c1-2-3-4-5-6-7-8-9-10-11-12(13)14;/h2-11H2,1H3,(H,13,14);. The first kappa shape index (κ1) is 18.2. The summed E-state index contributed by atoms with van der Waals surface area (Å²) in [6, 6.07) is 0. The monoisotopic (exact) mass is 342 g/mol. The molecule has 3 heteroatoms. The van der Waals surface area contributed by atoms with Gasteiger partial charge < -0.3 is 5.11 Å². The van der Waals surface area contributed by atoms with E-state index < -0.39 is 5.97 Å². The molecule has 88 valence electrons. The Morgan fingerprint density at radius 1 is 0.867 bits per heavy atom. The summed E-state index contributed by atoms with van der Waals surface area (Å²) in [5.41, 5.74) is 0. The van der Waals surface area contributed by atoms with Gasteiger partial charge in [0.2, 0.25) is 0 Å². The fourth-order valence-corrected chi connectivity index (χ4v) is 1.59. The van der Waals surface area contributed by atoms with Crippen LogP contribution in [0.3, 0.4) is 0 Å². The average molecular weight is 345 g/mol. The van der Waals surface area contributed by atoms with Crippen molar-refractivity contribution in [2.24, 2.45) is 0 Å². The maximum absolute atomic E-state index is 10.2. The van der Waals surface area contributed by atoms with E-state index in [0.717, 1.165) is 12.8 Å². The van der Waals surface area contributed by atoms with Crippen LogP contribution in [0.2, 0.25) is 0 Å². The predicted octanol–water partition coefficient (Wildman–Crippen LogP) is 3.99. The van der Waals surface area contributed by atoms with E-state index in [1.807, 2.05) is 0 Å². The van der Waals surface area contributed by atoms with E-state index in [2.05, 4.69) is 6.92 Å². The first-order valence-electron chi connectivity index (χ1n) is 5.99. The van der Waals surface area contributed by atoms with E-state index in [1.54, 1.807) is 0 Å². The Balaban J connectivity index is 0. The van der Waals surface area contributed by atoms with Crippen molar-refractivity contribution < 1.29 is 50.7 Å². The Labute approximate surface area is 127 Å². The fraction of sp³-hybridized carbons (Fsp3) is 0.917. The number of carboxylic acids is 1. The molecule has 0 bridgehead atoms. The second-order valence-corrected chi connectivity index (χ2v) is 3.97. The third-order valence-corrected chi connectivity index (χ3v) is 2.49. The van der Waals surface area contributed by atoms with E-state index >= 15 is 0 Å². The number of carbonyl (C=O) groups is 1. The summed E-state index contributed by atoms with van der Waals surface area (Å²) in [6.07, 6.45) is 11.5. The second kappa shape index (κ2) is 14.8. The normalized spacial score (nSPS) is 9.67. The minimum Gasteiger partial charge on any atom is -0.481 e. The SMILES string of the molecule is CCCCCCCCCCCC(=O)O.[Nd]. The molecule has 2 nitrogen and oxygen atoms in total. The molecule has 0 aliphatic carbocycles. The molecule has 0 atom stereocenters. The topological polar surface area (TPSA) is 37.3 Å². The zero-order valence-electron chi connectivity index (χ0n) is 9.93. The molecule has 15 heavy (non-hydrogen) atoms. The van der Waals surface area contributed by atoms with E-state index in [1.165, 1.54) is 44.9 Å². The van der Waals surface area contributed by atoms with Crippen LogP contribution in [-0.4, -0.2) is 11.1 Å². The van der Waals surface area contributed by atoms with Crippen LogP contribution < -0.4 is 0 Å². The Kier molecular flexibility index (Phi) is 18.0. The molecule has 0 radical (unpaired) electrons. The van der Waals surface area contributed by atoms with Gasteiger partial charge in [0.15, 0.2) is 0 Å². The van der Waals surface area contributed by atoms with Gasteiger partial charge in [0.25, 0.3) is 0 Å². The second-order valence-electron chi connectivity index (χ2n) is 3.97. The molecule has 0 unspecified atom stereocenters. The minimum atomic E-state index is -0.659. The Morgan fingerprint density at radius 3 is 1.67 bits per heavy atom. The van der Waals surface area contributed by atoms with Crippen molar-refractivity contribution in [1.82, 2.24) is 0 Å². The Morgan fingerprint density at radius 2 is 1.27 bits per heavy atom. The molecule has 0 aliphatic heterocycles. The number of hydrogen-bond donors (Lipinski definition) is 1. The third-order valence-electron chi connectivity index (χ3n) is 2.49. The molecular weight excluding hydrogens is 320 g/mol. The summed E-state index contributed by atoms with van der Waals surface area (Å²) in [6.45, 7) is 2.23. The van der Waals surface area contributed by atoms with Crippen molar-refractivity contribution in [3.8, 4) is 0 Å². The third kappa shape index (κ3) is 17.4. The van der Waals surface area contributed by atoms with Crippen LogP contribution in [0.5, 0.6) is 0 Å². The fourth-order valence-electron chi connectivity index (χ4n) is 1.59. The molecule has 0 amide bonds. The van der Waals surface area contributed by atoms with Crippen LogP contribution in [0.25, 0.3) is 0 Å². The van der Waals surface area contributed by atoms with Gasteiger partial charge in [0, 0.05) is 47.3 Å². The number of aliphatic carboxylic acids is 1. The van der Waals surface area contributed by atoms with Gasteiger partial charge in [-0.15, -0.1) is 0 Å². The largest absolute Gasteiger partial charge is 0.481 e. The van der Waals surface area contributed by atoms with Gasteiger partial charge in [0.05, 0.1) is 0 Å². The molecule has 0 aromatic carbocycles. The summed E-state index contributed by atoms with van der Waals surface area (Å²) in [4.78, 5) is 10.2. The van der Waals surface area contributed by atoms with Crippen LogP contribution in [0.4, 0.5) is 0 Å². The molecule has 0 aliphatic rings. The van der Waals surface area contributed by atoms with Crippen molar-refractivity contribution in [3.63, 3.8) is 0 Å². The van der Waals surface area contributed by atoms with Gasteiger partial charge in [0.1, 0.15) is 0 Å². The van der Waals surface area contributed by atoms with Crippen molar-refractivity contribution in [1.29, 1.82) is 0 Å². The van der Waals surface area contributed by atoms with Crippen LogP contribution in [0.15, 0.2) is 0 Å². The number of rotatable bonds is 10. The van der Waals surface area contributed by atoms with Crippen molar-refractivity contribution in [2.75, 3.05) is 0 Å². The van der Waals surface area contributed by atoms with E-state index in [9.17, 15) is 4.79 Å². The van der Waals surface area contributed by atoms with Crippen LogP contribution in [-0.2, 0) is 4.79 Å². The molecule has 0 heterocycles. The molecule has 0 fully saturated rings. The van der Waals surface area contributed by atoms with Gasteiger partial charge in [-0.05, 0) is 6.42 Å². The molecule has 0 saturated heterocycles. The first-order chi connectivity index (χ1) is 6.77. The Bertz CT molecular complexity index is 138. The van der Waals surface area contributed by atoms with Gasteiger partial charge >= 0.3 is 5.97 Å². The van der Waals surface area contributed by atoms with Crippen LogP contribution >= 0.6 is 0 Å². The summed E-state index contributed by atoms with van der Waals surface area (Å²) in [5.74, 6) is -0.659.